The summed E-state index contributed by atoms with van der Waals surface area (Å²) in [5.41, 5.74) is -1.48. The molecule has 0 spiro atoms. The zero-order valence-electron chi connectivity index (χ0n) is 12.7. The molecular weight excluding hydrogens is 364 g/mol. The fourth-order valence-electron chi connectivity index (χ4n) is 2.00. The van der Waals surface area contributed by atoms with Gasteiger partial charge in [0.25, 0.3) is 0 Å². The summed E-state index contributed by atoms with van der Waals surface area (Å²) in [6.45, 7) is -0.0496. The maximum absolute atomic E-state index is 13.1. The first-order valence-electron chi connectivity index (χ1n) is 6.93. The molecule has 3 N–H and O–H groups in total. The van der Waals surface area contributed by atoms with E-state index in [1.165, 1.54) is 18.2 Å². The van der Waals surface area contributed by atoms with E-state index in [2.05, 4.69) is 5.32 Å². The predicted octanol–water partition coefficient (Wildman–Crippen LogP) is 2.98. The molecule has 0 aliphatic carbocycles. The van der Waals surface area contributed by atoms with Crippen molar-refractivity contribution in [3.8, 4) is 5.75 Å². The zero-order chi connectivity index (χ0) is 18.7. The Balaban J connectivity index is 2.08. The van der Waals surface area contributed by atoms with Crippen LogP contribution >= 0.6 is 0 Å². The fraction of sp³-hybridized carbons (Fsp3) is 0.200. The number of halogens is 4. The Hall–Kier alpha value is -2.33. The third-order valence-corrected chi connectivity index (χ3v) is 4.02. The number of ether oxygens (including phenoxy) is 1. The van der Waals surface area contributed by atoms with E-state index in [-0.39, 0.29) is 24.6 Å². The summed E-state index contributed by atoms with van der Waals surface area (Å²) in [6.07, 6.45) is -4.77. The molecule has 0 radical (unpaired) electrons. The van der Waals surface area contributed by atoms with Crippen LogP contribution in [0, 0.1) is 5.82 Å². The lowest BCUT2D eigenvalue weighted by Crippen LogP contribution is -2.18. The van der Waals surface area contributed by atoms with Crippen LogP contribution in [0.15, 0.2) is 47.4 Å². The standard InChI is InChI=1S/C15H14F4N2O3S/c16-10-2-1-3-11(8-10)24-7-6-21-14-5-4-12(25(20,22)23)9-13(14)15(17,18)19/h1-5,8-9,21H,6-7H2,(H2,20,22,23). The van der Waals surface area contributed by atoms with E-state index in [4.69, 9.17) is 9.88 Å². The number of anilines is 1. The van der Waals surface area contributed by atoms with Crippen molar-refractivity contribution >= 4 is 15.7 Å². The maximum Gasteiger partial charge on any atom is 0.418 e. The lowest BCUT2D eigenvalue weighted by atomic mass is 10.1. The summed E-state index contributed by atoms with van der Waals surface area (Å²) in [5.74, 6) is -0.259. The fourth-order valence-corrected chi connectivity index (χ4v) is 2.54. The third kappa shape index (κ3) is 5.33. The van der Waals surface area contributed by atoms with Gasteiger partial charge in [0, 0.05) is 18.3 Å². The van der Waals surface area contributed by atoms with Crippen LogP contribution in [0.2, 0.25) is 0 Å². The van der Waals surface area contributed by atoms with Crippen LogP contribution in [0.3, 0.4) is 0 Å². The molecule has 0 fully saturated rings. The van der Waals surface area contributed by atoms with Crippen LogP contribution in [0.1, 0.15) is 5.56 Å². The summed E-state index contributed by atoms with van der Waals surface area (Å²) in [4.78, 5) is -0.638. The van der Waals surface area contributed by atoms with Crippen molar-refractivity contribution in [1.29, 1.82) is 0 Å². The summed E-state index contributed by atoms with van der Waals surface area (Å²) in [7, 11) is -4.26. The second kappa shape index (κ2) is 7.28. The molecular formula is C15H14F4N2O3S. The molecule has 136 valence electrons. The molecule has 0 unspecified atom stereocenters. The Morgan fingerprint density at radius 2 is 1.84 bits per heavy atom. The monoisotopic (exact) mass is 378 g/mol. The Bertz CT molecular complexity index is 854. The highest BCUT2D eigenvalue weighted by Gasteiger charge is 2.34. The van der Waals surface area contributed by atoms with Crippen LogP contribution < -0.4 is 15.2 Å². The summed E-state index contributed by atoms with van der Waals surface area (Å²) >= 11 is 0. The van der Waals surface area contributed by atoms with Gasteiger partial charge in [0.2, 0.25) is 10.0 Å². The molecule has 2 rings (SSSR count). The van der Waals surface area contributed by atoms with E-state index < -0.39 is 32.5 Å². The van der Waals surface area contributed by atoms with E-state index in [1.807, 2.05) is 0 Å². The lowest BCUT2D eigenvalue weighted by molar-refractivity contribution is -0.137. The van der Waals surface area contributed by atoms with Crippen LogP contribution in [0.5, 0.6) is 5.75 Å². The zero-order valence-corrected chi connectivity index (χ0v) is 13.5. The van der Waals surface area contributed by atoms with Gasteiger partial charge in [-0.15, -0.1) is 0 Å². The normalized spacial score (nSPS) is 12.0. The molecule has 0 aliphatic heterocycles. The molecule has 0 saturated carbocycles. The summed E-state index contributed by atoms with van der Waals surface area (Å²) < 4.78 is 79.9. The number of hydrogen-bond donors (Lipinski definition) is 2. The van der Waals surface area contributed by atoms with Gasteiger partial charge >= 0.3 is 6.18 Å². The van der Waals surface area contributed by atoms with Crippen LogP contribution in [0.4, 0.5) is 23.2 Å². The SMILES string of the molecule is NS(=O)(=O)c1ccc(NCCOc2cccc(F)c2)c(C(F)(F)F)c1. The summed E-state index contributed by atoms with van der Waals surface area (Å²) in [5, 5.41) is 7.36. The number of hydrogen-bond acceptors (Lipinski definition) is 4. The molecule has 0 aromatic heterocycles. The highest BCUT2D eigenvalue weighted by Crippen LogP contribution is 2.36. The molecule has 25 heavy (non-hydrogen) atoms. The molecule has 0 saturated heterocycles. The van der Waals surface area contributed by atoms with Gasteiger partial charge in [-0.2, -0.15) is 13.2 Å². The molecule has 2 aromatic rings. The van der Waals surface area contributed by atoms with Crippen molar-refractivity contribution in [3.05, 3.63) is 53.8 Å². The first-order valence-corrected chi connectivity index (χ1v) is 8.48. The Labute approximate surface area is 141 Å². The van der Waals surface area contributed by atoms with Gasteiger partial charge in [0.05, 0.1) is 10.5 Å². The quantitative estimate of drug-likeness (QED) is 0.598. The van der Waals surface area contributed by atoms with Crippen molar-refractivity contribution in [2.45, 2.75) is 11.1 Å². The van der Waals surface area contributed by atoms with Crippen LogP contribution in [0.25, 0.3) is 0 Å². The van der Waals surface area contributed by atoms with Gasteiger partial charge in [-0.1, -0.05) is 6.07 Å². The molecule has 5 nitrogen and oxygen atoms in total. The van der Waals surface area contributed by atoms with E-state index in [9.17, 15) is 26.0 Å². The number of nitrogens with one attached hydrogen (secondary N) is 1. The Morgan fingerprint density at radius 3 is 2.44 bits per heavy atom. The van der Waals surface area contributed by atoms with Crippen LogP contribution in [-0.2, 0) is 16.2 Å². The van der Waals surface area contributed by atoms with Gasteiger partial charge in [-0.25, -0.2) is 17.9 Å². The number of benzene rings is 2. The van der Waals surface area contributed by atoms with Crippen molar-refractivity contribution in [3.63, 3.8) is 0 Å². The van der Waals surface area contributed by atoms with Crippen molar-refractivity contribution in [2.75, 3.05) is 18.5 Å². The minimum absolute atomic E-state index is 0.0195. The van der Waals surface area contributed by atoms with Crippen LogP contribution in [-0.4, -0.2) is 21.6 Å². The average Bonchev–Trinajstić information content (AvgIpc) is 2.50. The number of nitrogens with two attached hydrogens (primary N) is 1. The number of rotatable bonds is 6. The minimum Gasteiger partial charge on any atom is -0.492 e. The molecule has 10 heteroatoms. The molecule has 0 aliphatic rings. The van der Waals surface area contributed by atoms with Crippen molar-refractivity contribution in [1.82, 2.24) is 0 Å². The molecule has 2 aromatic carbocycles. The second-order valence-corrected chi connectivity index (χ2v) is 6.54. The highest BCUT2D eigenvalue weighted by molar-refractivity contribution is 7.89. The van der Waals surface area contributed by atoms with Gasteiger partial charge in [-0.3, -0.25) is 0 Å². The van der Waals surface area contributed by atoms with E-state index in [1.54, 1.807) is 0 Å². The van der Waals surface area contributed by atoms with Gasteiger partial charge in [0.15, 0.2) is 0 Å². The summed E-state index contributed by atoms with van der Waals surface area (Å²) in [6, 6.07) is 7.73. The predicted molar refractivity (Wildman–Crippen MR) is 83.2 cm³/mol. The number of alkyl halides is 3. The number of sulfonamides is 1. The third-order valence-electron chi connectivity index (χ3n) is 3.11. The Kier molecular flexibility index (Phi) is 5.53. The first kappa shape index (κ1) is 19.0. The van der Waals surface area contributed by atoms with Gasteiger partial charge in [0.1, 0.15) is 18.2 Å². The molecule has 0 atom stereocenters. The topological polar surface area (TPSA) is 81.4 Å². The Morgan fingerprint density at radius 1 is 1.12 bits per heavy atom. The molecule has 0 heterocycles. The second-order valence-electron chi connectivity index (χ2n) is 4.98. The minimum atomic E-state index is -4.77. The number of primary sulfonamides is 1. The van der Waals surface area contributed by atoms with E-state index in [0.717, 1.165) is 18.2 Å². The highest BCUT2D eigenvalue weighted by atomic mass is 32.2. The smallest absolute Gasteiger partial charge is 0.418 e. The lowest BCUT2D eigenvalue weighted by Gasteiger charge is -2.16. The van der Waals surface area contributed by atoms with Crippen molar-refractivity contribution < 1.29 is 30.7 Å². The molecule has 0 bridgehead atoms. The average molecular weight is 378 g/mol. The first-order chi connectivity index (χ1) is 11.6. The van der Waals surface area contributed by atoms with Crippen molar-refractivity contribution in [2.24, 2.45) is 5.14 Å². The van der Waals surface area contributed by atoms with E-state index in [0.29, 0.717) is 6.07 Å². The van der Waals surface area contributed by atoms with E-state index >= 15 is 0 Å². The molecule has 0 amide bonds. The largest absolute Gasteiger partial charge is 0.492 e. The maximum atomic E-state index is 13.1. The van der Waals surface area contributed by atoms with Gasteiger partial charge < -0.3 is 10.1 Å². The van der Waals surface area contributed by atoms with Gasteiger partial charge in [-0.05, 0) is 30.3 Å².